The number of hydrogen-bond donors (Lipinski definition) is 1. The van der Waals surface area contributed by atoms with Gasteiger partial charge >= 0.3 is 5.97 Å². The van der Waals surface area contributed by atoms with Crippen LogP contribution in [0.4, 0.5) is 0 Å². The molecular formula is C13H16NO2+. The van der Waals surface area contributed by atoms with Crippen LogP contribution in [0.25, 0.3) is 0 Å². The summed E-state index contributed by atoms with van der Waals surface area (Å²) in [6.45, 7) is 1.72. The van der Waals surface area contributed by atoms with Gasteiger partial charge in [0.05, 0.1) is 5.56 Å². The average Bonchev–Trinajstić information content (AvgIpc) is 2.31. The highest BCUT2D eigenvalue weighted by molar-refractivity contribution is 6.40. The fourth-order valence-corrected chi connectivity index (χ4v) is 2.15. The van der Waals surface area contributed by atoms with Crippen molar-refractivity contribution in [2.45, 2.75) is 19.3 Å². The van der Waals surface area contributed by atoms with Gasteiger partial charge in [-0.25, -0.2) is 9.37 Å². The molecule has 1 aromatic carbocycles. The molecule has 1 aromatic rings. The van der Waals surface area contributed by atoms with E-state index in [1.165, 1.54) is 6.42 Å². The SMILES string of the molecule is O=C(O)C(c1ccccc1)=[N+]1CCCCC1. The standard InChI is InChI=1S/C13H15NO2/c15-13(16)12(11-7-3-1-4-8-11)14-9-5-2-6-10-14/h1,3-4,7-8H,2,5-6,9-10H2/p+1. The van der Waals surface area contributed by atoms with Crippen LogP contribution in [0, 0.1) is 0 Å². The average molecular weight is 218 g/mol. The van der Waals surface area contributed by atoms with Crippen LogP contribution in [0.2, 0.25) is 0 Å². The second-order valence-electron chi connectivity index (χ2n) is 4.07. The summed E-state index contributed by atoms with van der Waals surface area (Å²) in [5.41, 5.74) is 1.25. The molecule has 1 N–H and O–H groups in total. The number of nitrogens with zero attached hydrogens (tertiary/aromatic N) is 1. The molecule has 84 valence electrons. The Balaban J connectivity index is 2.41. The predicted molar refractivity (Wildman–Crippen MR) is 62.0 cm³/mol. The van der Waals surface area contributed by atoms with Crippen molar-refractivity contribution in [1.82, 2.24) is 0 Å². The smallest absolute Gasteiger partial charge is 0.401 e. The molecular weight excluding hydrogens is 202 g/mol. The van der Waals surface area contributed by atoms with Crippen LogP contribution in [0.5, 0.6) is 0 Å². The summed E-state index contributed by atoms with van der Waals surface area (Å²) in [6, 6.07) is 9.37. The third-order valence-electron chi connectivity index (χ3n) is 2.92. The predicted octanol–water partition coefficient (Wildman–Crippen LogP) is 1.76. The second kappa shape index (κ2) is 4.92. The second-order valence-corrected chi connectivity index (χ2v) is 4.07. The molecule has 1 fully saturated rings. The molecule has 0 saturated carbocycles. The van der Waals surface area contributed by atoms with Crippen LogP contribution in [-0.2, 0) is 4.79 Å². The minimum absolute atomic E-state index is 0.445. The summed E-state index contributed by atoms with van der Waals surface area (Å²) in [5.74, 6) is -0.826. The lowest BCUT2D eigenvalue weighted by Crippen LogP contribution is -2.32. The quantitative estimate of drug-likeness (QED) is 0.768. The van der Waals surface area contributed by atoms with Crippen LogP contribution in [0.1, 0.15) is 24.8 Å². The van der Waals surface area contributed by atoms with Gasteiger partial charge < -0.3 is 5.11 Å². The fraction of sp³-hybridized carbons (Fsp3) is 0.385. The molecule has 16 heavy (non-hydrogen) atoms. The molecule has 3 nitrogen and oxygen atoms in total. The largest absolute Gasteiger partial charge is 0.473 e. The molecule has 0 radical (unpaired) electrons. The van der Waals surface area contributed by atoms with Crippen molar-refractivity contribution in [3.8, 4) is 0 Å². The Hall–Kier alpha value is -1.64. The van der Waals surface area contributed by atoms with Gasteiger partial charge in [-0.1, -0.05) is 18.2 Å². The van der Waals surface area contributed by atoms with Gasteiger partial charge in [0.25, 0.3) is 5.71 Å². The molecule has 1 aliphatic rings. The monoisotopic (exact) mass is 218 g/mol. The molecule has 0 unspecified atom stereocenters. The maximum atomic E-state index is 11.3. The Kier molecular flexibility index (Phi) is 3.34. The minimum atomic E-state index is -0.826. The summed E-state index contributed by atoms with van der Waals surface area (Å²) >= 11 is 0. The number of benzene rings is 1. The first-order chi connectivity index (χ1) is 7.79. The van der Waals surface area contributed by atoms with E-state index in [2.05, 4.69) is 0 Å². The van der Waals surface area contributed by atoms with E-state index in [1.807, 2.05) is 34.9 Å². The number of carboxylic acids is 1. The number of rotatable bonds is 2. The summed E-state index contributed by atoms with van der Waals surface area (Å²) in [4.78, 5) is 11.3. The highest BCUT2D eigenvalue weighted by atomic mass is 16.4. The molecule has 1 heterocycles. The van der Waals surface area contributed by atoms with Gasteiger partial charge in [-0.2, -0.15) is 0 Å². The molecule has 0 aromatic heterocycles. The van der Waals surface area contributed by atoms with Gasteiger partial charge in [0.1, 0.15) is 13.1 Å². The van der Waals surface area contributed by atoms with Gasteiger partial charge in [-0.3, -0.25) is 0 Å². The fourth-order valence-electron chi connectivity index (χ4n) is 2.15. The Morgan fingerprint density at radius 3 is 2.25 bits per heavy atom. The molecule has 1 saturated heterocycles. The van der Waals surface area contributed by atoms with E-state index in [4.69, 9.17) is 0 Å². The summed E-state index contributed by atoms with van der Waals surface area (Å²) in [5, 5.41) is 9.30. The van der Waals surface area contributed by atoms with Gasteiger partial charge in [0.2, 0.25) is 0 Å². The van der Waals surface area contributed by atoms with Gasteiger partial charge in [-0.15, -0.1) is 0 Å². The maximum absolute atomic E-state index is 11.3. The molecule has 0 amide bonds. The van der Waals surface area contributed by atoms with Crippen molar-refractivity contribution >= 4 is 11.7 Å². The van der Waals surface area contributed by atoms with Crippen molar-refractivity contribution in [3.05, 3.63) is 35.9 Å². The summed E-state index contributed by atoms with van der Waals surface area (Å²) in [6.07, 6.45) is 3.38. The topological polar surface area (TPSA) is 40.3 Å². The van der Waals surface area contributed by atoms with E-state index < -0.39 is 5.97 Å². The third-order valence-corrected chi connectivity index (χ3v) is 2.92. The summed E-state index contributed by atoms with van der Waals surface area (Å²) in [7, 11) is 0. The number of hydrogen-bond acceptors (Lipinski definition) is 1. The zero-order valence-corrected chi connectivity index (χ0v) is 9.22. The number of aliphatic carboxylic acids is 1. The zero-order valence-electron chi connectivity index (χ0n) is 9.22. The van der Waals surface area contributed by atoms with Crippen molar-refractivity contribution in [2.75, 3.05) is 13.1 Å². The van der Waals surface area contributed by atoms with Crippen LogP contribution in [0.3, 0.4) is 0 Å². The van der Waals surface area contributed by atoms with E-state index in [0.29, 0.717) is 5.71 Å². The van der Waals surface area contributed by atoms with E-state index >= 15 is 0 Å². The lowest BCUT2D eigenvalue weighted by atomic mass is 10.1. The number of carbonyl (C=O) groups is 1. The maximum Gasteiger partial charge on any atom is 0.401 e. The Morgan fingerprint density at radius 2 is 1.69 bits per heavy atom. The number of carboxylic acid groups (broad SMARTS) is 1. The van der Waals surface area contributed by atoms with Crippen LogP contribution >= 0.6 is 0 Å². The molecule has 0 spiro atoms. The third kappa shape index (κ3) is 2.30. The van der Waals surface area contributed by atoms with E-state index in [1.54, 1.807) is 0 Å². The Morgan fingerprint density at radius 1 is 1.06 bits per heavy atom. The van der Waals surface area contributed by atoms with Crippen LogP contribution in [-0.4, -0.2) is 34.5 Å². The van der Waals surface area contributed by atoms with Crippen LogP contribution < -0.4 is 0 Å². The highest BCUT2D eigenvalue weighted by Gasteiger charge is 2.25. The minimum Gasteiger partial charge on any atom is -0.473 e. The molecule has 2 rings (SSSR count). The first-order valence-electron chi connectivity index (χ1n) is 5.69. The lowest BCUT2D eigenvalue weighted by Gasteiger charge is -2.12. The number of piperidine rings is 1. The van der Waals surface area contributed by atoms with Gasteiger partial charge in [-0.05, 0) is 18.6 Å². The highest BCUT2D eigenvalue weighted by Crippen LogP contribution is 2.08. The van der Waals surface area contributed by atoms with Gasteiger partial charge in [0, 0.05) is 12.8 Å². The normalized spacial score (nSPS) is 15.9. The molecule has 0 bridgehead atoms. The summed E-state index contributed by atoms with van der Waals surface area (Å²) < 4.78 is 1.99. The van der Waals surface area contributed by atoms with Crippen molar-refractivity contribution < 1.29 is 14.5 Å². The Labute approximate surface area is 95.0 Å². The van der Waals surface area contributed by atoms with Crippen LogP contribution in [0.15, 0.2) is 30.3 Å². The van der Waals surface area contributed by atoms with Gasteiger partial charge in [0.15, 0.2) is 0 Å². The molecule has 0 atom stereocenters. The van der Waals surface area contributed by atoms with E-state index in [9.17, 15) is 9.90 Å². The first kappa shape index (κ1) is 10.9. The van der Waals surface area contributed by atoms with Crippen molar-refractivity contribution in [2.24, 2.45) is 0 Å². The Bertz CT molecular complexity index is 401. The van der Waals surface area contributed by atoms with Crippen molar-refractivity contribution in [3.63, 3.8) is 0 Å². The molecule has 3 heteroatoms. The van der Waals surface area contributed by atoms with E-state index in [-0.39, 0.29) is 0 Å². The van der Waals surface area contributed by atoms with E-state index in [0.717, 1.165) is 31.5 Å². The molecule has 0 aliphatic carbocycles. The first-order valence-corrected chi connectivity index (χ1v) is 5.69. The molecule has 1 aliphatic heterocycles. The zero-order chi connectivity index (χ0) is 11.4. The van der Waals surface area contributed by atoms with Crippen molar-refractivity contribution in [1.29, 1.82) is 0 Å². The lowest BCUT2D eigenvalue weighted by molar-refractivity contribution is -0.536.